The summed E-state index contributed by atoms with van der Waals surface area (Å²) in [6.07, 6.45) is 10.2. The van der Waals surface area contributed by atoms with Crippen molar-refractivity contribution in [3.05, 3.63) is 11.6 Å². The van der Waals surface area contributed by atoms with Crippen LogP contribution in [-0.2, 0) is 20.0 Å². The van der Waals surface area contributed by atoms with Crippen molar-refractivity contribution in [1.82, 2.24) is 0 Å². The van der Waals surface area contributed by atoms with E-state index in [1.807, 2.05) is 6.08 Å². The highest BCUT2D eigenvalue weighted by molar-refractivity contribution is 7.79. The van der Waals surface area contributed by atoms with Crippen LogP contribution in [0.5, 0.6) is 0 Å². The fourth-order valence-corrected chi connectivity index (χ4v) is 6.33. The molecule has 6 nitrogen and oxygen atoms in total. The largest absolute Gasteiger partial charge is 0.394 e. The van der Waals surface area contributed by atoms with Gasteiger partial charge in [-0.2, -0.15) is 8.42 Å². The fraction of sp³-hybridized carbons (Fsp3) is 0.789. The lowest BCUT2D eigenvalue weighted by Gasteiger charge is -2.56. The van der Waals surface area contributed by atoms with E-state index in [0.29, 0.717) is 29.3 Å². The number of fused-ring (bicyclic) bond motifs is 5. The summed E-state index contributed by atoms with van der Waals surface area (Å²) in [5.41, 5.74) is 1.64. The maximum Gasteiger partial charge on any atom is 0.394 e. The van der Waals surface area contributed by atoms with E-state index in [-0.39, 0.29) is 10.8 Å². The number of carbonyl (C=O) groups is 2. The summed E-state index contributed by atoms with van der Waals surface area (Å²) in [6, 6.07) is 0. The second kappa shape index (κ2) is 6.53. The molecule has 0 aromatic carbocycles. The fourth-order valence-electron chi connectivity index (χ4n) is 6.33. The standard InChI is InChI=1S/C19H26O2.H2O4S/c1-18-9-7-13(20)11-12(18)3-4-14-15-5-6-17(21)19(15,2)10-8-16(14)18;1-5(2,3)4/h11,14-16H,3-10H2,1-2H3;(H2,1,2,3,4)/t14-,15-,16-,18-,19-;/m0./s1. The molecule has 26 heavy (non-hydrogen) atoms. The van der Waals surface area contributed by atoms with Gasteiger partial charge in [0.05, 0.1) is 0 Å². The number of hydrogen-bond donors (Lipinski definition) is 2. The molecule has 4 rings (SSSR count). The molecule has 2 N–H and O–H groups in total. The molecule has 146 valence electrons. The zero-order chi connectivity index (χ0) is 19.3. The van der Waals surface area contributed by atoms with Gasteiger partial charge in [-0.25, -0.2) is 0 Å². The first-order chi connectivity index (χ1) is 11.9. The average Bonchev–Trinajstić information content (AvgIpc) is 2.82. The van der Waals surface area contributed by atoms with Crippen LogP contribution in [0.4, 0.5) is 0 Å². The molecule has 4 aliphatic rings. The quantitative estimate of drug-likeness (QED) is 0.619. The molecular weight excluding hydrogens is 356 g/mol. The van der Waals surface area contributed by atoms with Crippen molar-refractivity contribution in [2.45, 2.75) is 65.2 Å². The van der Waals surface area contributed by atoms with Crippen molar-refractivity contribution in [1.29, 1.82) is 0 Å². The summed E-state index contributed by atoms with van der Waals surface area (Å²) >= 11 is 0. The van der Waals surface area contributed by atoms with Crippen molar-refractivity contribution in [2.75, 3.05) is 0 Å². The minimum absolute atomic E-state index is 0.0246. The third-order valence-electron chi connectivity index (χ3n) is 7.67. The Morgan fingerprint density at radius 1 is 0.923 bits per heavy atom. The van der Waals surface area contributed by atoms with Crippen molar-refractivity contribution < 1.29 is 27.1 Å². The third kappa shape index (κ3) is 3.41. The third-order valence-corrected chi connectivity index (χ3v) is 7.67. The molecule has 0 bridgehead atoms. The molecule has 0 radical (unpaired) electrons. The van der Waals surface area contributed by atoms with Gasteiger partial charge in [0.1, 0.15) is 5.78 Å². The monoisotopic (exact) mass is 384 g/mol. The minimum atomic E-state index is -4.67. The van der Waals surface area contributed by atoms with E-state index in [9.17, 15) is 9.59 Å². The van der Waals surface area contributed by atoms with Crippen molar-refractivity contribution in [3.8, 4) is 0 Å². The highest BCUT2D eigenvalue weighted by atomic mass is 32.3. The molecule has 0 heterocycles. The summed E-state index contributed by atoms with van der Waals surface area (Å²) in [4.78, 5) is 24.1. The number of carbonyl (C=O) groups excluding carboxylic acids is 2. The number of rotatable bonds is 0. The molecule has 4 aliphatic carbocycles. The van der Waals surface area contributed by atoms with Gasteiger partial charge in [0.2, 0.25) is 0 Å². The van der Waals surface area contributed by atoms with Crippen LogP contribution in [0.15, 0.2) is 11.6 Å². The van der Waals surface area contributed by atoms with Crippen LogP contribution in [0, 0.1) is 28.6 Å². The zero-order valence-corrected chi connectivity index (χ0v) is 16.2. The predicted molar refractivity (Wildman–Crippen MR) is 95.9 cm³/mol. The van der Waals surface area contributed by atoms with Crippen LogP contribution in [0.1, 0.15) is 65.2 Å². The second-order valence-corrected chi connectivity index (χ2v) is 9.73. The van der Waals surface area contributed by atoms with Gasteiger partial charge in [-0.3, -0.25) is 18.7 Å². The van der Waals surface area contributed by atoms with Gasteiger partial charge in [0.15, 0.2) is 5.78 Å². The molecule has 7 heteroatoms. The summed E-state index contributed by atoms with van der Waals surface area (Å²) in [7, 11) is -4.67. The Balaban J connectivity index is 0.000000349. The Kier molecular flexibility index (Phi) is 4.95. The van der Waals surface area contributed by atoms with Crippen LogP contribution in [0.2, 0.25) is 0 Å². The molecule has 0 aliphatic heterocycles. The summed E-state index contributed by atoms with van der Waals surface area (Å²) in [5.74, 6) is 2.88. The average molecular weight is 384 g/mol. The smallest absolute Gasteiger partial charge is 0.299 e. The summed E-state index contributed by atoms with van der Waals surface area (Å²) in [5, 5.41) is 0. The first kappa shape index (κ1) is 19.7. The lowest BCUT2D eigenvalue weighted by Crippen LogP contribution is -2.50. The molecule has 3 fully saturated rings. The normalized spacial score (nSPS) is 42.0. The summed E-state index contributed by atoms with van der Waals surface area (Å²) in [6.45, 7) is 4.64. The highest BCUT2D eigenvalue weighted by Gasteiger charge is 2.58. The van der Waals surface area contributed by atoms with Crippen molar-refractivity contribution in [2.24, 2.45) is 28.6 Å². The Labute approximate surface area is 155 Å². The molecule has 0 aromatic heterocycles. The van der Waals surface area contributed by atoms with Crippen LogP contribution in [-0.4, -0.2) is 29.1 Å². The second-order valence-electron chi connectivity index (χ2n) is 8.83. The van der Waals surface area contributed by atoms with E-state index >= 15 is 0 Å². The molecule has 0 aromatic rings. The number of hydrogen-bond acceptors (Lipinski definition) is 4. The summed E-state index contributed by atoms with van der Waals surface area (Å²) < 4.78 is 31.6. The minimum Gasteiger partial charge on any atom is -0.299 e. The lowest BCUT2D eigenvalue weighted by molar-refractivity contribution is -0.132. The van der Waals surface area contributed by atoms with E-state index in [1.165, 1.54) is 18.4 Å². The van der Waals surface area contributed by atoms with Crippen molar-refractivity contribution >= 4 is 22.0 Å². The van der Waals surface area contributed by atoms with Gasteiger partial charge >= 0.3 is 10.4 Å². The van der Waals surface area contributed by atoms with E-state index in [1.54, 1.807) is 0 Å². The van der Waals surface area contributed by atoms with E-state index < -0.39 is 10.4 Å². The molecule has 0 amide bonds. The van der Waals surface area contributed by atoms with E-state index in [2.05, 4.69) is 13.8 Å². The predicted octanol–water partition coefficient (Wildman–Crippen LogP) is 3.43. The van der Waals surface area contributed by atoms with Crippen LogP contribution < -0.4 is 0 Å². The molecular formula is C19H28O6S. The first-order valence-electron chi connectivity index (χ1n) is 9.42. The number of allylic oxidation sites excluding steroid dienone is 1. The molecule has 3 saturated carbocycles. The Bertz CT molecular complexity index is 746. The van der Waals surface area contributed by atoms with Gasteiger partial charge in [0, 0.05) is 18.3 Å². The molecule has 5 atom stereocenters. The Morgan fingerprint density at radius 2 is 1.54 bits per heavy atom. The van der Waals surface area contributed by atoms with Crippen molar-refractivity contribution in [3.63, 3.8) is 0 Å². The van der Waals surface area contributed by atoms with Gasteiger partial charge in [-0.15, -0.1) is 0 Å². The number of Topliss-reactive ketones (excluding diaryl/α,β-unsaturated/α-hetero) is 1. The lowest BCUT2D eigenvalue weighted by atomic mass is 9.47. The maximum atomic E-state index is 12.4. The molecule has 0 unspecified atom stereocenters. The first-order valence-corrected chi connectivity index (χ1v) is 10.8. The Morgan fingerprint density at radius 3 is 2.19 bits per heavy atom. The number of ketones is 2. The topological polar surface area (TPSA) is 109 Å². The van der Waals surface area contributed by atoms with Gasteiger partial charge < -0.3 is 0 Å². The van der Waals surface area contributed by atoms with Crippen LogP contribution in [0.3, 0.4) is 0 Å². The molecule has 0 saturated heterocycles. The zero-order valence-electron chi connectivity index (χ0n) is 15.4. The van der Waals surface area contributed by atoms with Crippen LogP contribution >= 0.6 is 0 Å². The molecule has 0 spiro atoms. The van der Waals surface area contributed by atoms with Crippen LogP contribution in [0.25, 0.3) is 0 Å². The van der Waals surface area contributed by atoms with E-state index in [4.69, 9.17) is 17.5 Å². The van der Waals surface area contributed by atoms with E-state index in [0.717, 1.165) is 38.5 Å². The van der Waals surface area contributed by atoms with Gasteiger partial charge in [0.25, 0.3) is 0 Å². The SMILES string of the molecule is C[C@]12CCC(=O)C=C1CC[C@@H]1[C@@H]2CC[C@]2(C)C(=O)CC[C@@H]12.O=S(=O)(O)O. The van der Waals surface area contributed by atoms with Gasteiger partial charge in [-0.1, -0.05) is 19.4 Å². The maximum absolute atomic E-state index is 12.4. The van der Waals surface area contributed by atoms with Gasteiger partial charge in [-0.05, 0) is 67.8 Å². The Hall–Kier alpha value is -1.05. The highest BCUT2D eigenvalue weighted by Crippen LogP contribution is 2.64.